The molecule has 2 rings (SSSR count). The van der Waals surface area contributed by atoms with Crippen LogP contribution in [0.3, 0.4) is 0 Å². The minimum absolute atomic E-state index is 0.0323. The lowest BCUT2D eigenvalue weighted by Gasteiger charge is -2.27. The molecule has 0 aliphatic heterocycles. The second kappa shape index (κ2) is 6.24. The van der Waals surface area contributed by atoms with Crippen molar-refractivity contribution in [2.45, 2.75) is 38.5 Å². The van der Waals surface area contributed by atoms with Crippen molar-refractivity contribution >= 4 is 17.6 Å². The van der Waals surface area contributed by atoms with Crippen molar-refractivity contribution in [3.05, 3.63) is 34.9 Å². The standard InChI is InChI=1S/C15H19ClO2/c1-2-18-15(17)12-9-7-11(8-10-12)13-5-3-4-6-14(13)16/h3-6,11-12H,2,7-10H2,1H3. The first kappa shape index (κ1) is 13.4. The van der Waals surface area contributed by atoms with Crippen LogP contribution in [0.4, 0.5) is 0 Å². The van der Waals surface area contributed by atoms with Crippen LogP contribution in [0.1, 0.15) is 44.1 Å². The summed E-state index contributed by atoms with van der Waals surface area (Å²) in [5.41, 5.74) is 1.22. The Kier molecular flexibility index (Phi) is 4.65. The fourth-order valence-corrected chi connectivity index (χ4v) is 3.00. The number of hydrogen-bond donors (Lipinski definition) is 0. The summed E-state index contributed by atoms with van der Waals surface area (Å²) >= 11 is 6.21. The van der Waals surface area contributed by atoms with E-state index in [0.29, 0.717) is 12.5 Å². The van der Waals surface area contributed by atoms with Gasteiger partial charge in [-0.05, 0) is 50.2 Å². The fourth-order valence-electron chi connectivity index (χ4n) is 2.71. The molecule has 0 bridgehead atoms. The highest BCUT2D eigenvalue weighted by molar-refractivity contribution is 6.31. The van der Waals surface area contributed by atoms with Crippen LogP contribution >= 0.6 is 11.6 Å². The van der Waals surface area contributed by atoms with Gasteiger partial charge in [0.25, 0.3) is 0 Å². The second-order valence-corrected chi connectivity index (χ2v) is 5.23. The van der Waals surface area contributed by atoms with Crippen LogP contribution in [0.5, 0.6) is 0 Å². The molecule has 0 N–H and O–H groups in total. The molecular formula is C15H19ClO2. The van der Waals surface area contributed by atoms with Crippen LogP contribution in [0, 0.1) is 5.92 Å². The molecule has 2 nitrogen and oxygen atoms in total. The molecule has 0 atom stereocenters. The summed E-state index contributed by atoms with van der Waals surface area (Å²) in [6, 6.07) is 8.01. The van der Waals surface area contributed by atoms with Crippen LogP contribution in [0.15, 0.2) is 24.3 Å². The second-order valence-electron chi connectivity index (χ2n) is 4.82. The zero-order chi connectivity index (χ0) is 13.0. The minimum Gasteiger partial charge on any atom is -0.466 e. The average Bonchev–Trinajstić information content (AvgIpc) is 2.40. The first-order valence-corrected chi connectivity index (χ1v) is 7.01. The van der Waals surface area contributed by atoms with Crippen molar-refractivity contribution in [1.82, 2.24) is 0 Å². The zero-order valence-corrected chi connectivity index (χ0v) is 11.5. The van der Waals surface area contributed by atoms with Gasteiger partial charge in [-0.3, -0.25) is 4.79 Å². The van der Waals surface area contributed by atoms with Crippen LogP contribution in [-0.4, -0.2) is 12.6 Å². The zero-order valence-electron chi connectivity index (χ0n) is 10.7. The van der Waals surface area contributed by atoms with Crippen molar-refractivity contribution in [3.63, 3.8) is 0 Å². The highest BCUT2D eigenvalue weighted by atomic mass is 35.5. The number of esters is 1. The van der Waals surface area contributed by atoms with Gasteiger partial charge >= 0.3 is 5.97 Å². The molecule has 0 heterocycles. The third kappa shape index (κ3) is 3.05. The highest BCUT2D eigenvalue weighted by Crippen LogP contribution is 2.38. The number of ether oxygens (including phenoxy) is 1. The Labute approximate surface area is 113 Å². The lowest BCUT2D eigenvalue weighted by molar-refractivity contribution is -0.149. The Bertz CT molecular complexity index is 409. The third-order valence-corrected chi connectivity index (χ3v) is 4.04. The maximum Gasteiger partial charge on any atom is 0.308 e. The summed E-state index contributed by atoms with van der Waals surface area (Å²) in [4.78, 5) is 11.7. The van der Waals surface area contributed by atoms with Gasteiger partial charge < -0.3 is 4.74 Å². The van der Waals surface area contributed by atoms with Crippen molar-refractivity contribution in [2.24, 2.45) is 5.92 Å². The number of hydrogen-bond acceptors (Lipinski definition) is 2. The van der Waals surface area contributed by atoms with Gasteiger partial charge in [0.05, 0.1) is 12.5 Å². The first-order valence-electron chi connectivity index (χ1n) is 6.63. The van der Waals surface area contributed by atoms with E-state index in [2.05, 4.69) is 6.07 Å². The van der Waals surface area contributed by atoms with Crippen LogP contribution in [0.2, 0.25) is 5.02 Å². The monoisotopic (exact) mass is 266 g/mol. The molecule has 1 aromatic carbocycles. The Morgan fingerprint density at radius 3 is 2.56 bits per heavy atom. The van der Waals surface area contributed by atoms with E-state index in [1.54, 1.807) is 0 Å². The molecule has 1 saturated carbocycles. The molecule has 0 radical (unpaired) electrons. The maximum absolute atomic E-state index is 11.7. The van der Waals surface area contributed by atoms with E-state index in [0.717, 1.165) is 30.7 Å². The van der Waals surface area contributed by atoms with E-state index < -0.39 is 0 Å². The van der Waals surface area contributed by atoms with E-state index in [4.69, 9.17) is 16.3 Å². The van der Waals surface area contributed by atoms with Gasteiger partial charge in [-0.25, -0.2) is 0 Å². The molecule has 1 aliphatic rings. The quantitative estimate of drug-likeness (QED) is 0.768. The summed E-state index contributed by atoms with van der Waals surface area (Å²) < 4.78 is 5.08. The smallest absolute Gasteiger partial charge is 0.308 e. The van der Waals surface area contributed by atoms with Gasteiger partial charge in [0.2, 0.25) is 0 Å². The molecule has 0 spiro atoms. The van der Waals surface area contributed by atoms with Gasteiger partial charge in [0, 0.05) is 5.02 Å². The predicted octanol–water partition coefficient (Wildman–Crippen LogP) is 4.18. The molecule has 0 saturated heterocycles. The summed E-state index contributed by atoms with van der Waals surface area (Å²) in [7, 11) is 0. The first-order chi connectivity index (χ1) is 8.72. The number of carbonyl (C=O) groups excluding carboxylic acids is 1. The summed E-state index contributed by atoms with van der Waals surface area (Å²) in [6.07, 6.45) is 3.86. The van der Waals surface area contributed by atoms with E-state index >= 15 is 0 Å². The largest absolute Gasteiger partial charge is 0.466 e. The SMILES string of the molecule is CCOC(=O)C1CCC(c2ccccc2Cl)CC1. The average molecular weight is 267 g/mol. The molecule has 98 valence electrons. The molecule has 3 heteroatoms. The number of halogens is 1. The highest BCUT2D eigenvalue weighted by Gasteiger charge is 2.28. The van der Waals surface area contributed by atoms with Crippen molar-refractivity contribution in [1.29, 1.82) is 0 Å². The molecule has 1 aliphatic carbocycles. The minimum atomic E-state index is -0.0323. The van der Waals surface area contributed by atoms with Crippen molar-refractivity contribution in [3.8, 4) is 0 Å². The number of rotatable bonds is 3. The summed E-state index contributed by atoms with van der Waals surface area (Å²) in [5, 5.41) is 0.845. The molecule has 0 aromatic heterocycles. The summed E-state index contributed by atoms with van der Waals surface area (Å²) in [5.74, 6) is 0.545. The molecule has 18 heavy (non-hydrogen) atoms. The van der Waals surface area contributed by atoms with E-state index in [9.17, 15) is 4.79 Å². The number of benzene rings is 1. The molecule has 1 aromatic rings. The van der Waals surface area contributed by atoms with Gasteiger partial charge in [-0.15, -0.1) is 0 Å². The van der Waals surface area contributed by atoms with Crippen LogP contribution < -0.4 is 0 Å². The van der Waals surface area contributed by atoms with Gasteiger partial charge in [0.1, 0.15) is 0 Å². The van der Waals surface area contributed by atoms with Crippen LogP contribution in [0.25, 0.3) is 0 Å². The third-order valence-electron chi connectivity index (χ3n) is 3.69. The molecule has 0 amide bonds. The number of carbonyl (C=O) groups is 1. The maximum atomic E-state index is 11.7. The fraction of sp³-hybridized carbons (Fsp3) is 0.533. The Morgan fingerprint density at radius 2 is 1.94 bits per heavy atom. The van der Waals surface area contributed by atoms with Gasteiger partial charge in [-0.2, -0.15) is 0 Å². The molecular weight excluding hydrogens is 248 g/mol. The predicted molar refractivity (Wildman–Crippen MR) is 72.8 cm³/mol. The summed E-state index contributed by atoms with van der Waals surface area (Å²) in [6.45, 7) is 2.33. The van der Waals surface area contributed by atoms with Gasteiger partial charge in [-0.1, -0.05) is 29.8 Å². The van der Waals surface area contributed by atoms with Crippen molar-refractivity contribution < 1.29 is 9.53 Å². The van der Waals surface area contributed by atoms with E-state index in [1.807, 2.05) is 25.1 Å². The molecule has 0 unspecified atom stereocenters. The Hall–Kier alpha value is -1.02. The van der Waals surface area contributed by atoms with E-state index in [1.165, 1.54) is 5.56 Å². The topological polar surface area (TPSA) is 26.3 Å². The Morgan fingerprint density at radius 1 is 1.28 bits per heavy atom. The van der Waals surface area contributed by atoms with Crippen molar-refractivity contribution in [2.75, 3.05) is 6.61 Å². The molecule has 1 fully saturated rings. The Balaban J connectivity index is 1.95. The lowest BCUT2D eigenvalue weighted by Crippen LogP contribution is -2.23. The van der Waals surface area contributed by atoms with E-state index in [-0.39, 0.29) is 11.9 Å². The van der Waals surface area contributed by atoms with Crippen LogP contribution in [-0.2, 0) is 9.53 Å². The van der Waals surface area contributed by atoms with Gasteiger partial charge in [0.15, 0.2) is 0 Å². The lowest BCUT2D eigenvalue weighted by atomic mass is 9.79. The normalized spacial score (nSPS) is 23.7.